The number of rotatable bonds is 2. The smallest absolute Gasteiger partial charge is 0.353 e. The molecule has 6 heteroatoms. The van der Waals surface area contributed by atoms with Crippen LogP contribution >= 0.6 is 0 Å². The largest absolute Gasteiger partial charge is 0.477 e. The molecule has 0 unspecified atom stereocenters. The molecule has 2 aromatic rings. The van der Waals surface area contributed by atoms with Gasteiger partial charge < -0.3 is 5.11 Å². The lowest BCUT2D eigenvalue weighted by Gasteiger charge is -2.27. The summed E-state index contributed by atoms with van der Waals surface area (Å²) in [5.74, 6) is -0.963. The maximum atomic E-state index is 12.0. The number of aromatic nitrogens is 1. The number of hydrogen-bond acceptors (Lipinski definition) is 4. The van der Waals surface area contributed by atoms with Gasteiger partial charge in [0.2, 0.25) is 0 Å². The van der Waals surface area contributed by atoms with Crippen LogP contribution in [0.3, 0.4) is 0 Å². The highest BCUT2D eigenvalue weighted by Crippen LogP contribution is 2.23. The zero-order valence-corrected chi connectivity index (χ0v) is 11.3. The number of nitrogens with zero attached hydrogens (tertiary/aromatic N) is 2. The van der Waals surface area contributed by atoms with E-state index in [9.17, 15) is 9.59 Å². The van der Waals surface area contributed by atoms with Gasteiger partial charge in [-0.25, -0.2) is 14.8 Å². The third-order valence-electron chi connectivity index (χ3n) is 3.33. The summed E-state index contributed by atoms with van der Waals surface area (Å²) >= 11 is 0. The molecule has 0 spiro atoms. The summed E-state index contributed by atoms with van der Waals surface area (Å²) in [5, 5.41) is 11.2. The van der Waals surface area contributed by atoms with E-state index in [4.69, 9.17) is 5.11 Å². The number of nitrogens with one attached hydrogen (secondary N) is 1. The van der Waals surface area contributed by atoms with E-state index in [0.717, 1.165) is 16.5 Å². The normalized spacial score (nSPS) is 14.8. The summed E-state index contributed by atoms with van der Waals surface area (Å²) in [7, 11) is 0. The lowest BCUT2D eigenvalue weighted by molar-refractivity contribution is -0.133. The van der Waals surface area contributed by atoms with E-state index in [2.05, 4.69) is 10.4 Å². The zero-order valence-electron chi connectivity index (χ0n) is 11.3. The molecule has 21 heavy (non-hydrogen) atoms. The summed E-state index contributed by atoms with van der Waals surface area (Å²) in [4.78, 5) is 27.5. The van der Waals surface area contributed by atoms with Crippen molar-refractivity contribution < 1.29 is 14.7 Å². The lowest BCUT2D eigenvalue weighted by atomic mass is 10.1. The van der Waals surface area contributed by atoms with E-state index in [1.54, 1.807) is 6.07 Å². The molecule has 0 bridgehead atoms. The van der Waals surface area contributed by atoms with Gasteiger partial charge in [0.05, 0.1) is 5.52 Å². The monoisotopic (exact) mass is 283 g/mol. The number of aliphatic carboxylic acids is 1. The molecule has 1 aromatic heterocycles. The molecule has 6 nitrogen and oxygen atoms in total. The van der Waals surface area contributed by atoms with Gasteiger partial charge in [0.1, 0.15) is 5.70 Å². The predicted molar refractivity (Wildman–Crippen MR) is 77.4 cm³/mol. The first-order chi connectivity index (χ1) is 10.1. The third-order valence-corrected chi connectivity index (χ3v) is 3.33. The molecule has 0 radical (unpaired) electrons. The summed E-state index contributed by atoms with van der Waals surface area (Å²) in [5.41, 5.74) is 4.29. The van der Waals surface area contributed by atoms with Gasteiger partial charge >= 0.3 is 5.97 Å². The van der Waals surface area contributed by atoms with Gasteiger partial charge in [-0.15, -0.1) is 0 Å². The van der Waals surface area contributed by atoms with E-state index < -0.39 is 5.97 Å². The zero-order chi connectivity index (χ0) is 15.0. The molecule has 0 saturated heterocycles. The Morgan fingerprint density at radius 2 is 2.14 bits per heavy atom. The van der Waals surface area contributed by atoms with Crippen molar-refractivity contribution in [2.75, 3.05) is 5.01 Å². The Morgan fingerprint density at radius 1 is 1.38 bits per heavy atom. The third kappa shape index (κ3) is 2.31. The number of hydrazine groups is 1. The predicted octanol–water partition coefficient (Wildman–Crippen LogP) is 1.75. The minimum absolute atomic E-state index is 0.0257. The first-order valence-electron chi connectivity index (χ1n) is 6.46. The second-order valence-electron chi connectivity index (χ2n) is 4.78. The van der Waals surface area contributed by atoms with Crippen LogP contribution in [0.15, 0.2) is 42.1 Å². The van der Waals surface area contributed by atoms with Crippen molar-refractivity contribution in [3.05, 3.63) is 47.7 Å². The highest BCUT2D eigenvalue weighted by molar-refractivity contribution is 5.99. The number of carboxylic acid groups (broad SMARTS) is 1. The van der Waals surface area contributed by atoms with Gasteiger partial charge in [-0.05, 0) is 30.7 Å². The van der Waals surface area contributed by atoms with Crippen LogP contribution in [0.25, 0.3) is 10.9 Å². The van der Waals surface area contributed by atoms with E-state index in [-0.39, 0.29) is 18.0 Å². The fourth-order valence-electron chi connectivity index (χ4n) is 2.28. The van der Waals surface area contributed by atoms with E-state index in [1.807, 2.05) is 31.2 Å². The molecule has 0 aliphatic carbocycles. The maximum absolute atomic E-state index is 12.0. The Labute approximate surface area is 120 Å². The minimum Gasteiger partial charge on any atom is -0.477 e. The van der Waals surface area contributed by atoms with Crippen LogP contribution in [0.4, 0.5) is 5.82 Å². The van der Waals surface area contributed by atoms with E-state index >= 15 is 0 Å². The summed E-state index contributed by atoms with van der Waals surface area (Å²) < 4.78 is 0. The Balaban J connectivity index is 2.06. The number of fused-ring (bicyclic) bond motifs is 1. The van der Waals surface area contributed by atoms with Gasteiger partial charge in [0.25, 0.3) is 5.91 Å². The Morgan fingerprint density at radius 3 is 2.90 bits per heavy atom. The van der Waals surface area contributed by atoms with Crippen LogP contribution < -0.4 is 10.4 Å². The molecule has 1 aliphatic rings. The standard InChI is InChI=1S/C15H13N3O3/c1-9-8-13(16-11-5-3-2-4-10(9)11)18-14(19)7-6-12(17-18)15(20)21/h2-6,8,17H,7H2,1H3,(H,20,21). The fourth-order valence-corrected chi connectivity index (χ4v) is 2.28. The number of carboxylic acids is 1. The summed E-state index contributed by atoms with van der Waals surface area (Å²) in [6.45, 7) is 1.93. The fraction of sp³-hybridized carbons (Fsp3) is 0.133. The number of carbonyl (C=O) groups is 2. The first kappa shape index (κ1) is 13.1. The molecule has 1 amide bonds. The van der Waals surface area contributed by atoms with Crippen LogP contribution in [-0.2, 0) is 9.59 Å². The average Bonchev–Trinajstić information content (AvgIpc) is 2.47. The van der Waals surface area contributed by atoms with Gasteiger partial charge in [-0.1, -0.05) is 18.2 Å². The number of benzene rings is 1. The van der Waals surface area contributed by atoms with Gasteiger partial charge in [0, 0.05) is 11.8 Å². The molecule has 0 atom stereocenters. The molecule has 1 aromatic carbocycles. The number of aryl methyl sites for hydroxylation is 1. The van der Waals surface area contributed by atoms with Gasteiger partial charge in [-0.3, -0.25) is 10.2 Å². The molecule has 106 valence electrons. The van der Waals surface area contributed by atoms with Gasteiger partial charge in [-0.2, -0.15) is 0 Å². The molecule has 1 aliphatic heterocycles. The average molecular weight is 283 g/mol. The van der Waals surface area contributed by atoms with E-state index in [1.165, 1.54) is 11.1 Å². The number of carbonyl (C=O) groups excluding carboxylic acids is 1. The quantitative estimate of drug-likeness (QED) is 0.877. The van der Waals surface area contributed by atoms with Crippen molar-refractivity contribution in [1.82, 2.24) is 10.4 Å². The molecule has 0 fully saturated rings. The molecule has 0 saturated carbocycles. The van der Waals surface area contributed by atoms with Crippen molar-refractivity contribution in [3.63, 3.8) is 0 Å². The number of amides is 1. The second-order valence-corrected chi connectivity index (χ2v) is 4.78. The van der Waals surface area contributed by atoms with Crippen LogP contribution in [0, 0.1) is 6.92 Å². The van der Waals surface area contributed by atoms with Crippen molar-refractivity contribution in [1.29, 1.82) is 0 Å². The van der Waals surface area contributed by atoms with Gasteiger partial charge in [0.15, 0.2) is 5.82 Å². The Bertz CT molecular complexity index is 783. The Hall–Kier alpha value is -2.89. The van der Waals surface area contributed by atoms with Crippen LogP contribution in [0.1, 0.15) is 12.0 Å². The molecular formula is C15H13N3O3. The van der Waals surface area contributed by atoms with Crippen molar-refractivity contribution in [2.24, 2.45) is 0 Å². The second kappa shape index (κ2) is 4.90. The topological polar surface area (TPSA) is 82.5 Å². The van der Waals surface area contributed by atoms with Crippen LogP contribution in [-0.4, -0.2) is 22.0 Å². The summed E-state index contributed by atoms with van der Waals surface area (Å²) in [6, 6.07) is 9.36. The van der Waals surface area contributed by atoms with Crippen molar-refractivity contribution >= 4 is 28.6 Å². The minimum atomic E-state index is -1.11. The van der Waals surface area contributed by atoms with Crippen LogP contribution in [0.5, 0.6) is 0 Å². The van der Waals surface area contributed by atoms with Crippen molar-refractivity contribution in [2.45, 2.75) is 13.3 Å². The highest BCUT2D eigenvalue weighted by Gasteiger charge is 2.25. The molecular weight excluding hydrogens is 270 g/mol. The molecule has 3 rings (SSSR count). The SMILES string of the molecule is Cc1cc(N2NC(C(=O)O)=CCC2=O)nc2ccccc12. The molecule has 2 heterocycles. The van der Waals surface area contributed by atoms with E-state index in [0.29, 0.717) is 5.82 Å². The lowest BCUT2D eigenvalue weighted by Crippen LogP contribution is -2.47. The van der Waals surface area contributed by atoms with Crippen molar-refractivity contribution in [3.8, 4) is 0 Å². The number of para-hydroxylation sites is 1. The number of anilines is 1. The number of pyridine rings is 1. The molecule has 2 N–H and O–H groups in total. The maximum Gasteiger partial charge on any atom is 0.353 e. The Kier molecular flexibility index (Phi) is 3.06. The summed E-state index contributed by atoms with van der Waals surface area (Å²) in [6.07, 6.45) is 1.39. The first-order valence-corrected chi connectivity index (χ1v) is 6.46. The highest BCUT2D eigenvalue weighted by atomic mass is 16.4. The van der Waals surface area contributed by atoms with Crippen LogP contribution in [0.2, 0.25) is 0 Å². The number of hydrogen-bond donors (Lipinski definition) is 2.